The number of hydrogen-bond donors (Lipinski definition) is 1. The number of benzene rings is 2. The zero-order chi connectivity index (χ0) is 16.7. The Morgan fingerprint density at radius 3 is 2.78 bits per heavy atom. The molecule has 2 aromatic carbocycles. The number of hydrogen-bond acceptors (Lipinski definition) is 3. The number of ether oxygens (including phenoxy) is 1. The van der Waals surface area contributed by atoms with Crippen LogP contribution in [0, 0.1) is 6.92 Å². The quantitative estimate of drug-likeness (QED) is 0.649. The number of para-hydroxylation sites is 1. The molecule has 1 atom stereocenters. The van der Waals surface area contributed by atoms with Gasteiger partial charge < -0.3 is 4.74 Å². The van der Waals surface area contributed by atoms with Gasteiger partial charge in [0.15, 0.2) is 0 Å². The molecule has 0 saturated heterocycles. The third kappa shape index (κ3) is 4.95. The monoisotopic (exact) mass is 310 g/mol. The van der Waals surface area contributed by atoms with Crippen LogP contribution in [0.5, 0.6) is 5.75 Å². The summed E-state index contributed by atoms with van der Waals surface area (Å²) >= 11 is 0. The minimum absolute atomic E-state index is 0.131. The Morgan fingerprint density at radius 1 is 1.26 bits per heavy atom. The molecule has 0 aromatic heterocycles. The van der Waals surface area contributed by atoms with Gasteiger partial charge in [0.2, 0.25) is 0 Å². The van der Waals surface area contributed by atoms with Crippen LogP contribution in [0.15, 0.2) is 53.6 Å². The lowest BCUT2D eigenvalue weighted by Crippen LogP contribution is -2.17. The first kappa shape index (κ1) is 16.7. The van der Waals surface area contributed by atoms with E-state index >= 15 is 0 Å². The van der Waals surface area contributed by atoms with Gasteiger partial charge >= 0.3 is 0 Å². The summed E-state index contributed by atoms with van der Waals surface area (Å²) in [5.74, 6) is 0.528. The molecule has 0 radical (unpaired) electrons. The van der Waals surface area contributed by atoms with Crippen LogP contribution < -0.4 is 10.2 Å². The summed E-state index contributed by atoms with van der Waals surface area (Å²) in [5, 5.41) is 4.04. The maximum absolute atomic E-state index is 12.0. The van der Waals surface area contributed by atoms with Crippen LogP contribution in [-0.2, 0) is 0 Å². The molecular formula is C19H22N2O2. The van der Waals surface area contributed by atoms with Gasteiger partial charge in [-0.3, -0.25) is 4.79 Å². The second-order valence-electron chi connectivity index (χ2n) is 5.44. The van der Waals surface area contributed by atoms with Gasteiger partial charge in [-0.15, -0.1) is 0 Å². The smallest absolute Gasteiger partial charge is 0.271 e. The fourth-order valence-corrected chi connectivity index (χ4v) is 2.01. The van der Waals surface area contributed by atoms with Crippen molar-refractivity contribution in [1.29, 1.82) is 0 Å². The van der Waals surface area contributed by atoms with E-state index in [0.717, 1.165) is 23.3 Å². The highest BCUT2D eigenvalue weighted by Gasteiger charge is 2.06. The molecule has 120 valence electrons. The van der Waals surface area contributed by atoms with Crippen molar-refractivity contribution in [2.45, 2.75) is 33.3 Å². The van der Waals surface area contributed by atoms with E-state index in [4.69, 9.17) is 4.74 Å². The molecular weight excluding hydrogens is 288 g/mol. The molecule has 0 unspecified atom stereocenters. The van der Waals surface area contributed by atoms with Crippen LogP contribution in [0.25, 0.3) is 0 Å². The highest BCUT2D eigenvalue weighted by atomic mass is 16.5. The molecule has 0 spiro atoms. The lowest BCUT2D eigenvalue weighted by molar-refractivity contribution is 0.0955. The van der Waals surface area contributed by atoms with Gasteiger partial charge in [-0.1, -0.05) is 36.8 Å². The number of nitrogens with one attached hydrogen (secondary N) is 1. The highest BCUT2D eigenvalue weighted by molar-refractivity contribution is 5.95. The summed E-state index contributed by atoms with van der Waals surface area (Å²) in [6.45, 7) is 6.04. The Labute approximate surface area is 137 Å². The van der Waals surface area contributed by atoms with E-state index in [1.54, 1.807) is 12.3 Å². The molecule has 2 aromatic rings. The first-order chi connectivity index (χ1) is 11.1. The first-order valence-corrected chi connectivity index (χ1v) is 7.76. The van der Waals surface area contributed by atoms with Gasteiger partial charge in [0.25, 0.3) is 5.91 Å². The number of carbonyl (C=O) groups excluding carboxylic acids is 1. The molecule has 4 heteroatoms. The van der Waals surface area contributed by atoms with E-state index in [1.165, 1.54) is 0 Å². The second kappa shape index (κ2) is 8.13. The summed E-state index contributed by atoms with van der Waals surface area (Å²) in [4.78, 5) is 12.0. The summed E-state index contributed by atoms with van der Waals surface area (Å²) in [6.07, 6.45) is 2.66. The van der Waals surface area contributed by atoms with E-state index in [0.29, 0.717) is 5.56 Å². The Bertz CT molecular complexity index is 695. The zero-order valence-electron chi connectivity index (χ0n) is 13.7. The van der Waals surface area contributed by atoms with Gasteiger partial charge in [-0.25, -0.2) is 5.43 Å². The minimum Gasteiger partial charge on any atom is -0.490 e. The van der Waals surface area contributed by atoms with Gasteiger partial charge in [0.05, 0.1) is 12.3 Å². The molecule has 0 aliphatic heterocycles. The third-order valence-electron chi connectivity index (χ3n) is 3.47. The lowest BCUT2D eigenvalue weighted by atomic mass is 10.1. The van der Waals surface area contributed by atoms with Crippen LogP contribution in [0.1, 0.15) is 41.8 Å². The normalized spacial score (nSPS) is 12.1. The Morgan fingerprint density at radius 2 is 2.04 bits per heavy atom. The molecule has 1 N–H and O–H groups in total. The van der Waals surface area contributed by atoms with Crippen molar-refractivity contribution in [3.63, 3.8) is 0 Å². The van der Waals surface area contributed by atoms with Crippen LogP contribution >= 0.6 is 0 Å². The number of amides is 1. The molecule has 2 rings (SSSR count). The maximum atomic E-state index is 12.0. The molecule has 23 heavy (non-hydrogen) atoms. The van der Waals surface area contributed by atoms with Crippen molar-refractivity contribution in [1.82, 2.24) is 5.43 Å². The van der Waals surface area contributed by atoms with Gasteiger partial charge in [0, 0.05) is 11.1 Å². The van der Waals surface area contributed by atoms with Crippen molar-refractivity contribution < 1.29 is 9.53 Å². The Kier molecular flexibility index (Phi) is 5.92. The van der Waals surface area contributed by atoms with E-state index < -0.39 is 0 Å². The molecule has 1 amide bonds. The summed E-state index contributed by atoms with van der Waals surface area (Å²) in [7, 11) is 0. The highest BCUT2D eigenvalue weighted by Crippen LogP contribution is 2.18. The average Bonchev–Trinajstić information content (AvgIpc) is 2.56. The summed E-state index contributed by atoms with van der Waals surface area (Å²) in [5.41, 5.74) is 5.00. The van der Waals surface area contributed by atoms with Crippen molar-refractivity contribution in [3.05, 3.63) is 65.2 Å². The van der Waals surface area contributed by atoms with Gasteiger partial charge in [0.1, 0.15) is 5.75 Å². The third-order valence-corrected chi connectivity index (χ3v) is 3.47. The van der Waals surface area contributed by atoms with Gasteiger partial charge in [-0.05, 0) is 44.5 Å². The molecule has 0 heterocycles. The molecule has 0 aliphatic carbocycles. The maximum Gasteiger partial charge on any atom is 0.271 e. The molecule has 0 aliphatic rings. The standard InChI is InChI=1S/C19H22N2O2/c1-4-15(3)23-18-11-6-5-9-17(18)13-20-21-19(22)16-10-7-8-14(2)12-16/h5-13,15H,4H2,1-3H3,(H,21,22)/b20-13-/t15-/m0/s1. The molecule has 0 bridgehead atoms. The Hall–Kier alpha value is -2.62. The predicted molar refractivity (Wildman–Crippen MR) is 93.1 cm³/mol. The number of carbonyl (C=O) groups is 1. The molecule has 0 saturated carbocycles. The van der Waals surface area contributed by atoms with Crippen LogP contribution in [0.3, 0.4) is 0 Å². The topological polar surface area (TPSA) is 50.7 Å². The van der Waals surface area contributed by atoms with E-state index in [1.807, 2.05) is 56.3 Å². The lowest BCUT2D eigenvalue weighted by Gasteiger charge is -2.14. The minimum atomic E-state index is -0.231. The van der Waals surface area contributed by atoms with Crippen LogP contribution in [0.2, 0.25) is 0 Å². The van der Waals surface area contributed by atoms with Crippen LogP contribution in [-0.4, -0.2) is 18.2 Å². The number of hydrazone groups is 1. The van der Waals surface area contributed by atoms with Crippen molar-refractivity contribution in [2.75, 3.05) is 0 Å². The SMILES string of the molecule is CC[C@H](C)Oc1ccccc1/C=N\NC(=O)c1cccc(C)c1. The van der Waals surface area contributed by atoms with Crippen molar-refractivity contribution in [2.24, 2.45) is 5.10 Å². The number of rotatable bonds is 6. The summed E-state index contributed by atoms with van der Waals surface area (Å²) < 4.78 is 5.85. The molecule has 4 nitrogen and oxygen atoms in total. The van der Waals surface area contributed by atoms with Crippen molar-refractivity contribution in [3.8, 4) is 5.75 Å². The predicted octanol–water partition coefficient (Wildman–Crippen LogP) is 3.94. The van der Waals surface area contributed by atoms with E-state index in [-0.39, 0.29) is 12.0 Å². The first-order valence-electron chi connectivity index (χ1n) is 7.76. The van der Waals surface area contributed by atoms with E-state index in [9.17, 15) is 4.79 Å². The molecule has 0 fully saturated rings. The van der Waals surface area contributed by atoms with E-state index in [2.05, 4.69) is 17.5 Å². The average molecular weight is 310 g/mol. The fraction of sp³-hybridized carbons (Fsp3) is 0.263. The Balaban J connectivity index is 2.04. The number of aryl methyl sites for hydroxylation is 1. The fourth-order valence-electron chi connectivity index (χ4n) is 2.01. The van der Waals surface area contributed by atoms with Crippen LogP contribution in [0.4, 0.5) is 0 Å². The number of nitrogens with zero attached hydrogens (tertiary/aromatic N) is 1. The van der Waals surface area contributed by atoms with Crippen molar-refractivity contribution >= 4 is 12.1 Å². The van der Waals surface area contributed by atoms with Gasteiger partial charge in [-0.2, -0.15) is 5.10 Å². The zero-order valence-corrected chi connectivity index (χ0v) is 13.7. The largest absolute Gasteiger partial charge is 0.490 e. The second-order valence-corrected chi connectivity index (χ2v) is 5.44. The summed E-state index contributed by atoms with van der Waals surface area (Å²) in [6, 6.07) is 15.0.